The standard InChI is InChI=1S/C21H26N4O6S2/c1-15(2)24-32(28,29)19-7-5-6-17(14-19)21(27)23-22-20(26)16-8-10-18(11-9-16)33(30,31)25-12-3-4-13-25/h5-11,14-15,24H,3-4,12-13H2,1-2H3,(H,22,26)(H,23,27). The summed E-state index contributed by atoms with van der Waals surface area (Å²) in [5, 5.41) is 0. The van der Waals surface area contributed by atoms with Gasteiger partial charge < -0.3 is 0 Å². The van der Waals surface area contributed by atoms with Crippen molar-refractivity contribution in [3.63, 3.8) is 0 Å². The van der Waals surface area contributed by atoms with Gasteiger partial charge in [-0.15, -0.1) is 0 Å². The van der Waals surface area contributed by atoms with Crippen molar-refractivity contribution in [1.29, 1.82) is 0 Å². The van der Waals surface area contributed by atoms with Crippen molar-refractivity contribution in [3.8, 4) is 0 Å². The van der Waals surface area contributed by atoms with Crippen LogP contribution in [0.25, 0.3) is 0 Å². The number of rotatable bonds is 7. The molecule has 12 heteroatoms. The number of benzene rings is 2. The fourth-order valence-electron chi connectivity index (χ4n) is 3.30. The molecule has 1 fully saturated rings. The molecular formula is C21H26N4O6S2. The van der Waals surface area contributed by atoms with Crippen molar-refractivity contribution < 1.29 is 26.4 Å². The van der Waals surface area contributed by atoms with Gasteiger partial charge in [0.25, 0.3) is 11.8 Å². The van der Waals surface area contributed by atoms with Gasteiger partial charge in [-0.3, -0.25) is 20.4 Å². The number of hydrazine groups is 1. The Morgan fingerprint density at radius 2 is 1.39 bits per heavy atom. The van der Waals surface area contributed by atoms with Gasteiger partial charge in [0.1, 0.15) is 0 Å². The Hall–Kier alpha value is -2.80. The minimum atomic E-state index is -3.78. The van der Waals surface area contributed by atoms with Crippen LogP contribution in [0.5, 0.6) is 0 Å². The highest BCUT2D eigenvalue weighted by Crippen LogP contribution is 2.21. The molecule has 3 N–H and O–H groups in total. The van der Waals surface area contributed by atoms with Crippen LogP contribution >= 0.6 is 0 Å². The zero-order valence-electron chi connectivity index (χ0n) is 18.2. The van der Waals surface area contributed by atoms with Crippen LogP contribution in [-0.2, 0) is 20.0 Å². The first-order chi connectivity index (χ1) is 15.5. The Morgan fingerprint density at radius 1 is 0.818 bits per heavy atom. The Kier molecular flexibility index (Phi) is 7.52. The Labute approximate surface area is 193 Å². The molecule has 1 aliphatic heterocycles. The molecule has 0 saturated carbocycles. The number of carbonyl (C=O) groups is 2. The van der Waals surface area contributed by atoms with E-state index in [9.17, 15) is 26.4 Å². The van der Waals surface area contributed by atoms with E-state index in [0.29, 0.717) is 13.1 Å². The van der Waals surface area contributed by atoms with Gasteiger partial charge in [-0.05, 0) is 69.2 Å². The van der Waals surface area contributed by atoms with Gasteiger partial charge in [-0.25, -0.2) is 21.6 Å². The molecule has 1 aliphatic rings. The molecule has 3 rings (SSSR count). The number of nitrogens with one attached hydrogen (secondary N) is 3. The summed E-state index contributed by atoms with van der Waals surface area (Å²) in [6.45, 7) is 4.31. The number of amides is 2. The van der Waals surface area contributed by atoms with E-state index in [0.717, 1.165) is 12.8 Å². The van der Waals surface area contributed by atoms with E-state index in [1.165, 1.54) is 52.8 Å². The highest BCUT2D eigenvalue weighted by Gasteiger charge is 2.27. The molecule has 0 aromatic heterocycles. The molecule has 178 valence electrons. The van der Waals surface area contributed by atoms with Crippen LogP contribution < -0.4 is 15.6 Å². The van der Waals surface area contributed by atoms with Crippen LogP contribution in [0, 0.1) is 0 Å². The smallest absolute Gasteiger partial charge is 0.267 e. The van der Waals surface area contributed by atoms with E-state index < -0.39 is 31.9 Å². The zero-order valence-corrected chi connectivity index (χ0v) is 19.9. The van der Waals surface area contributed by atoms with Crippen molar-refractivity contribution in [2.45, 2.75) is 42.5 Å². The molecule has 2 amide bonds. The van der Waals surface area contributed by atoms with E-state index in [1.54, 1.807) is 13.8 Å². The highest BCUT2D eigenvalue weighted by atomic mass is 32.2. The molecule has 1 heterocycles. The minimum absolute atomic E-state index is 0.0361. The third-order valence-electron chi connectivity index (χ3n) is 4.91. The second kappa shape index (κ2) is 10.00. The molecular weight excluding hydrogens is 468 g/mol. The summed E-state index contributed by atoms with van der Waals surface area (Å²) in [6.07, 6.45) is 1.64. The van der Waals surface area contributed by atoms with E-state index >= 15 is 0 Å². The zero-order chi connectivity index (χ0) is 24.2. The van der Waals surface area contributed by atoms with Crippen LogP contribution in [0.15, 0.2) is 58.3 Å². The molecule has 0 atom stereocenters. The summed E-state index contributed by atoms with van der Waals surface area (Å²) in [7, 11) is -7.37. The van der Waals surface area contributed by atoms with E-state index in [2.05, 4.69) is 15.6 Å². The third kappa shape index (κ3) is 5.96. The molecule has 0 spiro atoms. The first-order valence-electron chi connectivity index (χ1n) is 10.3. The predicted octanol–water partition coefficient (Wildman–Crippen LogP) is 1.23. The van der Waals surface area contributed by atoms with Crippen molar-refractivity contribution in [1.82, 2.24) is 19.9 Å². The number of nitrogens with zero attached hydrogens (tertiary/aromatic N) is 1. The van der Waals surface area contributed by atoms with Crippen LogP contribution in [0.1, 0.15) is 47.4 Å². The van der Waals surface area contributed by atoms with Crippen LogP contribution in [0.4, 0.5) is 0 Å². The molecule has 0 aliphatic carbocycles. The van der Waals surface area contributed by atoms with Crippen molar-refractivity contribution in [3.05, 3.63) is 59.7 Å². The summed E-state index contributed by atoms with van der Waals surface area (Å²) in [6, 6.07) is 10.5. The van der Waals surface area contributed by atoms with E-state index in [-0.39, 0.29) is 27.0 Å². The summed E-state index contributed by atoms with van der Waals surface area (Å²) < 4.78 is 53.6. The largest absolute Gasteiger partial charge is 0.269 e. The lowest BCUT2D eigenvalue weighted by Gasteiger charge is -2.15. The monoisotopic (exact) mass is 494 g/mol. The normalized spacial score (nSPS) is 14.9. The lowest BCUT2D eigenvalue weighted by Crippen LogP contribution is -2.41. The first-order valence-corrected chi connectivity index (χ1v) is 13.3. The lowest BCUT2D eigenvalue weighted by molar-refractivity contribution is 0.0846. The Balaban J connectivity index is 1.64. The maximum atomic E-state index is 12.6. The van der Waals surface area contributed by atoms with Crippen LogP contribution in [0.2, 0.25) is 0 Å². The van der Waals surface area contributed by atoms with Crippen molar-refractivity contribution >= 4 is 31.9 Å². The lowest BCUT2D eigenvalue weighted by atomic mass is 10.2. The van der Waals surface area contributed by atoms with Gasteiger partial charge in [-0.2, -0.15) is 4.31 Å². The average molecular weight is 495 g/mol. The quantitative estimate of drug-likeness (QED) is 0.495. The van der Waals surface area contributed by atoms with Crippen molar-refractivity contribution in [2.24, 2.45) is 0 Å². The van der Waals surface area contributed by atoms with Gasteiger partial charge in [0, 0.05) is 30.3 Å². The molecule has 1 saturated heterocycles. The Morgan fingerprint density at radius 3 is 1.97 bits per heavy atom. The summed E-state index contributed by atoms with van der Waals surface area (Å²) in [4.78, 5) is 24.8. The van der Waals surface area contributed by atoms with Crippen LogP contribution in [-0.4, -0.2) is 52.1 Å². The average Bonchev–Trinajstić information content (AvgIpc) is 3.32. The minimum Gasteiger partial charge on any atom is -0.267 e. The summed E-state index contributed by atoms with van der Waals surface area (Å²) >= 11 is 0. The number of hydrogen-bond acceptors (Lipinski definition) is 6. The van der Waals surface area contributed by atoms with Gasteiger partial charge in [0.2, 0.25) is 20.0 Å². The topological polar surface area (TPSA) is 142 Å². The number of sulfonamides is 2. The van der Waals surface area contributed by atoms with Crippen molar-refractivity contribution in [2.75, 3.05) is 13.1 Å². The third-order valence-corrected chi connectivity index (χ3v) is 8.48. The molecule has 2 aromatic rings. The molecule has 0 radical (unpaired) electrons. The number of hydrogen-bond donors (Lipinski definition) is 3. The molecule has 2 aromatic carbocycles. The fraction of sp³-hybridized carbons (Fsp3) is 0.333. The molecule has 0 unspecified atom stereocenters. The summed E-state index contributed by atoms with van der Waals surface area (Å²) in [5.74, 6) is -1.36. The maximum absolute atomic E-state index is 12.6. The van der Waals surface area contributed by atoms with Gasteiger partial charge in [-0.1, -0.05) is 6.07 Å². The van der Waals surface area contributed by atoms with E-state index in [1.807, 2.05) is 0 Å². The van der Waals surface area contributed by atoms with E-state index in [4.69, 9.17) is 0 Å². The first kappa shape index (κ1) is 24.8. The molecule has 10 nitrogen and oxygen atoms in total. The van der Waals surface area contributed by atoms with Gasteiger partial charge in [0.05, 0.1) is 9.79 Å². The van der Waals surface area contributed by atoms with Gasteiger partial charge >= 0.3 is 0 Å². The number of carbonyl (C=O) groups excluding carboxylic acids is 2. The van der Waals surface area contributed by atoms with Crippen LogP contribution in [0.3, 0.4) is 0 Å². The molecule has 33 heavy (non-hydrogen) atoms. The second-order valence-corrected chi connectivity index (χ2v) is 11.5. The second-order valence-electron chi connectivity index (χ2n) is 7.85. The fourth-order valence-corrected chi connectivity index (χ4v) is 6.11. The highest BCUT2D eigenvalue weighted by molar-refractivity contribution is 7.89. The predicted molar refractivity (Wildman–Crippen MR) is 121 cm³/mol. The maximum Gasteiger partial charge on any atom is 0.269 e. The van der Waals surface area contributed by atoms with Gasteiger partial charge in [0.15, 0.2) is 0 Å². The SMILES string of the molecule is CC(C)NS(=O)(=O)c1cccc(C(=O)NNC(=O)c2ccc(S(=O)(=O)N3CCCC3)cc2)c1. The molecule has 0 bridgehead atoms. The summed E-state index contributed by atoms with van der Waals surface area (Å²) in [5.41, 5.74) is 4.65. The Bertz CT molecular complexity index is 1240.